The third-order valence-corrected chi connectivity index (χ3v) is 13.2. The molecule has 0 saturated carbocycles. The number of aromatic nitrogens is 4. The number of nitrogens with zero attached hydrogens (tertiary/aromatic N) is 4. The molecule has 0 N–H and O–H groups in total. The average Bonchev–Trinajstić information content (AvgIpc) is 3.96. The van der Waals surface area contributed by atoms with Gasteiger partial charge in [-0.2, -0.15) is 0 Å². The van der Waals surface area contributed by atoms with E-state index in [9.17, 15) is 0 Å². The van der Waals surface area contributed by atoms with E-state index in [1.165, 1.54) is 27.8 Å². The summed E-state index contributed by atoms with van der Waals surface area (Å²) in [5, 5.41) is 2.30. The van der Waals surface area contributed by atoms with Crippen molar-refractivity contribution >= 4 is 21.8 Å². The molecule has 0 spiro atoms. The van der Waals surface area contributed by atoms with Crippen molar-refractivity contribution in [1.29, 1.82) is 0 Å². The molecule has 0 fully saturated rings. The second-order valence-electron chi connectivity index (χ2n) is 19.3. The summed E-state index contributed by atoms with van der Waals surface area (Å²) in [6.45, 7) is 16.0. The number of benzene rings is 7. The molecular formula is C60H54N4O. The van der Waals surface area contributed by atoms with Crippen molar-refractivity contribution in [3.05, 3.63) is 235 Å². The number of imidazole rings is 1. The quantitative estimate of drug-likeness (QED) is 0.102. The number of rotatable bonds is 10. The van der Waals surface area contributed by atoms with Crippen LogP contribution in [-0.2, 0) is 16.2 Å². The third kappa shape index (κ3) is 7.93. The van der Waals surface area contributed by atoms with Crippen LogP contribution in [0.3, 0.4) is 0 Å². The molecule has 3 aromatic heterocycles. The smallest absolute Gasteiger partial charge is 0.268 e. The van der Waals surface area contributed by atoms with E-state index in [1.807, 2.05) is 12.3 Å². The number of hydrogen-bond acceptors (Lipinski definition) is 2. The minimum Gasteiger partial charge on any atom is -0.458 e. The summed E-state index contributed by atoms with van der Waals surface area (Å²) >= 11 is 0. The molecule has 65 heavy (non-hydrogen) atoms. The lowest BCUT2D eigenvalue weighted by Crippen LogP contribution is -2.31. The first kappa shape index (κ1) is 41.5. The summed E-state index contributed by atoms with van der Waals surface area (Å²) in [6, 6.07) is 64.6. The summed E-state index contributed by atoms with van der Waals surface area (Å²) in [5.74, 6) is 2.32. The predicted octanol–water partition coefficient (Wildman–Crippen LogP) is 14.5. The molecular weight excluding hydrogens is 793 g/mol. The highest BCUT2D eigenvalue weighted by Gasteiger charge is 2.27. The number of fused-ring (bicyclic) bond motifs is 3. The molecule has 0 amide bonds. The summed E-state index contributed by atoms with van der Waals surface area (Å²) in [7, 11) is 0. The lowest BCUT2D eigenvalue weighted by molar-refractivity contribution is -0.599. The number of ether oxygens (including phenoxy) is 1. The van der Waals surface area contributed by atoms with Crippen LogP contribution < -0.4 is 9.30 Å². The lowest BCUT2D eigenvalue weighted by Gasteiger charge is -2.30. The number of hydrogen-bond donors (Lipinski definition) is 0. The van der Waals surface area contributed by atoms with E-state index >= 15 is 0 Å². The Kier molecular flexibility index (Phi) is 10.4. The van der Waals surface area contributed by atoms with Crippen LogP contribution in [0.15, 0.2) is 201 Å². The highest BCUT2D eigenvalue weighted by Crippen LogP contribution is 2.39. The van der Waals surface area contributed by atoms with Gasteiger partial charge < -0.3 is 4.74 Å². The summed E-state index contributed by atoms with van der Waals surface area (Å²) < 4.78 is 13.3. The minimum atomic E-state index is -0.220. The molecule has 0 aliphatic carbocycles. The monoisotopic (exact) mass is 846 g/mol. The molecule has 0 saturated heterocycles. The van der Waals surface area contributed by atoms with E-state index in [-0.39, 0.29) is 16.2 Å². The zero-order chi connectivity index (χ0) is 44.9. The van der Waals surface area contributed by atoms with Gasteiger partial charge in [-0.15, -0.1) is 0 Å². The highest BCUT2D eigenvalue weighted by atomic mass is 16.5. The zero-order valence-electron chi connectivity index (χ0n) is 38.2. The van der Waals surface area contributed by atoms with Crippen LogP contribution in [-0.4, -0.2) is 14.1 Å². The van der Waals surface area contributed by atoms with Crippen molar-refractivity contribution in [3.63, 3.8) is 0 Å². The average molecular weight is 847 g/mol. The second kappa shape index (κ2) is 16.2. The minimum absolute atomic E-state index is 0.0475. The van der Waals surface area contributed by atoms with E-state index in [0.29, 0.717) is 0 Å². The van der Waals surface area contributed by atoms with Gasteiger partial charge in [-0.3, -0.25) is 13.7 Å². The molecule has 0 radical (unpaired) electrons. The molecule has 7 aromatic carbocycles. The van der Waals surface area contributed by atoms with Crippen molar-refractivity contribution < 1.29 is 9.30 Å². The fraction of sp³-hybridized carbons (Fsp3) is 0.167. The fourth-order valence-electron chi connectivity index (χ4n) is 9.10. The maximum absolute atomic E-state index is 6.91. The van der Waals surface area contributed by atoms with Crippen LogP contribution in [0.4, 0.5) is 0 Å². The zero-order valence-corrected chi connectivity index (χ0v) is 38.2. The maximum Gasteiger partial charge on any atom is 0.268 e. The summed E-state index contributed by atoms with van der Waals surface area (Å²) in [5.41, 5.74) is 12.1. The van der Waals surface area contributed by atoms with Crippen LogP contribution in [0.1, 0.15) is 76.3 Å². The third-order valence-electron chi connectivity index (χ3n) is 13.2. The first-order valence-electron chi connectivity index (χ1n) is 22.5. The van der Waals surface area contributed by atoms with Crippen molar-refractivity contribution in [2.75, 3.05) is 0 Å². The first-order valence-corrected chi connectivity index (χ1v) is 22.5. The van der Waals surface area contributed by atoms with Gasteiger partial charge in [0.2, 0.25) is 0 Å². The standard InChI is InChI=1S/C60H54N4O/c1-58(2,3)47-35-48(60(6,7)45-23-15-10-16-24-45)37-50(36-47)63-32-31-62(41-63)49-33-43(42-19-11-8-12-20-42)34-52(39-49)65-51-27-28-54-53-25-17-18-26-55(53)64(56(54)40-51)57-38-46(29-30-61-57)59(4,5)44-21-13-9-14-22-44/h8-40H,1-7H3. The number of para-hydroxylation sites is 1. The van der Waals surface area contributed by atoms with E-state index in [1.54, 1.807) is 0 Å². The van der Waals surface area contributed by atoms with Gasteiger partial charge in [-0.25, -0.2) is 4.98 Å². The highest BCUT2D eigenvalue weighted by molar-refractivity contribution is 6.09. The molecule has 5 heteroatoms. The molecule has 0 unspecified atom stereocenters. The van der Waals surface area contributed by atoms with E-state index in [2.05, 4.69) is 257 Å². The lowest BCUT2D eigenvalue weighted by atomic mass is 9.75. The van der Waals surface area contributed by atoms with Gasteiger partial charge in [0.1, 0.15) is 17.3 Å². The van der Waals surface area contributed by atoms with E-state index in [0.717, 1.165) is 61.6 Å². The summed E-state index contributed by atoms with van der Waals surface area (Å²) in [4.78, 5) is 4.98. The Bertz CT molecular complexity index is 3320. The van der Waals surface area contributed by atoms with E-state index in [4.69, 9.17) is 9.72 Å². The van der Waals surface area contributed by atoms with Gasteiger partial charge in [0.15, 0.2) is 0 Å². The second-order valence-corrected chi connectivity index (χ2v) is 19.3. The maximum atomic E-state index is 6.91. The van der Waals surface area contributed by atoms with Gasteiger partial charge in [-0.1, -0.05) is 164 Å². The predicted molar refractivity (Wildman–Crippen MR) is 266 cm³/mol. The summed E-state index contributed by atoms with van der Waals surface area (Å²) in [6.07, 6.45) is 9.77. The van der Waals surface area contributed by atoms with E-state index < -0.39 is 0 Å². The Hall–Kier alpha value is -7.50. The Morgan fingerprint density at radius 1 is 0.492 bits per heavy atom. The Morgan fingerprint density at radius 2 is 1.12 bits per heavy atom. The Morgan fingerprint density at radius 3 is 1.83 bits per heavy atom. The molecule has 320 valence electrons. The number of pyridine rings is 1. The van der Waals surface area contributed by atoms with Crippen LogP contribution >= 0.6 is 0 Å². The van der Waals surface area contributed by atoms with Crippen molar-refractivity contribution in [2.24, 2.45) is 0 Å². The van der Waals surface area contributed by atoms with Crippen LogP contribution in [0.25, 0.3) is 50.1 Å². The molecule has 0 atom stereocenters. The molecule has 10 aromatic rings. The molecule has 3 heterocycles. The van der Waals surface area contributed by atoms with Gasteiger partial charge in [0.25, 0.3) is 6.33 Å². The van der Waals surface area contributed by atoms with Crippen LogP contribution in [0.5, 0.6) is 11.5 Å². The normalized spacial score (nSPS) is 12.2. The van der Waals surface area contributed by atoms with Gasteiger partial charge in [0, 0.05) is 46.3 Å². The van der Waals surface area contributed by atoms with Gasteiger partial charge in [0.05, 0.1) is 22.4 Å². The van der Waals surface area contributed by atoms with Gasteiger partial charge in [-0.05, 0) is 105 Å². The Labute approximate surface area is 382 Å². The van der Waals surface area contributed by atoms with Crippen molar-refractivity contribution in [1.82, 2.24) is 14.1 Å². The fourth-order valence-corrected chi connectivity index (χ4v) is 9.10. The first-order chi connectivity index (χ1) is 31.3. The SMILES string of the molecule is CC(C)(C)c1cc(-[n+]2[c-]n(-c3cc(Oc4ccc5c6ccccc6n(-c6cc(C(C)(C)c7ccccc7)ccn6)c5c4)cc(-c4ccccc4)c3)cc2)cc(C(C)(C)c2ccccc2)c1. The largest absolute Gasteiger partial charge is 0.458 e. The van der Waals surface area contributed by atoms with Crippen LogP contribution in [0.2, 0.25) is 0 Å². The topological polar surface area (TPSA) is 35.9 Å². The molecule has 5 nitrogen and oxygen atoms in total. The molecule has 10 rings (SSSR count). The van der Waals surface area contributed by atoms with Crippen molar-refractivity contribution in [3.8, 4) is 39.8 Å². The molecule has 0 aliphatic rings. The van der Waals surface area contributed by atoms with Crippen LogP contribution in [0, 0.1) is 6.33 Å². The van der Waals surface area contributed by atoms with Gasteiger partial charge >= 0.3 is 0 Å². The van der Waals surface area contributed by atoms with Crippen molar-refractivity contribution in [2.45, 2.75) is 64.7 Å². The molecule has 0 aliphatic heterocycles. The molecule has 0 bridgehead atoms. The Balaban J connectivity index is 1.05.